The Morgan fingerprint density at radius 3 is 2.48 bits per heavy atom. The monoisotopic (exact) mass is 348 g/mol. The van der Waals surface area contributed by atoms with Gasteiger partial charge in [0, 0.05) is 24.2 Å². The molecule has 0 bridgehead atoms. The first-order valence-electron chi connectivity index (χ1n) is 8.70. The van der Waals surface area contributed by atoms with Crippen LogP contribution in [0.25, 0.3) is 0 Å². The number of nitrogens with one attached hydrogen (secondary N) is 1. The fraction of sp³-hybridized carbons (Fsp3) is 0.556. The number of ether oxygens (including phenoxy) is 1. The Hall–Kier alpha value is -2.44. The molecular formula is C18H24N2O5. The number of carbonyl (C=O) groups excluding carboxylic acids is 2. The van der Waals surface area contributed by atoms with Crippen molar-refractivity contribution in [3.8, 4) is 0 Å². The number of hydrogen-bond donors (Lipinski definition) is 1. The number of non-ortho nitro benzene ring substituents is 1. The molecule has 1 amide bonds. The Kier molecular flexibility index (Phi) is 6.91. The van der Waals surface area contributed by atoms with Gasteiger partial charge in [-0.05, 0) is 31.4 Å². The number of anilines is 1. The molecule has 0 saturated heterocycles. The molecule has 2 rings (SSSR count). The number of benzene rings is 1. The molecule has 0 spiro atoms. The fourth-order valence-corrected chi connectivity index (χ4v) is 3.02. The third-order valence-corrected chi connectivity index (χ3v) is 4.50. The Morgan fingerprint density at radius 2 is 1.88 bits per heavy atom. The molecule has 1 N–H and O–H groups in total. The Labute approximate surface area is 146 Å². The maximum absolute atomic E-state index is 12.1. The normalized spacial score (nSPS) is 16.0. The molecule has 25 heavy (non-hydrogen) atoms. The van der Waals surface area contributed by atoms with Crippen LogP contribution in [0.4, 0.5) is 11.4 Å². The average Bonchev–Trinajstić information content (AvgIpc) is 2.61. The molecule has 1 aromatic carbocycles. The van der Waals surface area contributed by atoms with E-state index in [2.05, 4.69) is 5.32 Å². The lowest BCUT2D eigenvalue weighted by Gasteiger charge is -2.21. The molecule has 0 radical (unpaired) electrons. The first-order chi connectivity index (χ1) is 12.0. The molecule has 1 fully saturated rings. The lowest BCUT2D eigenvalue weighted by molar-refractivity contribution is -0.384. The molecule has 0 aromatic heterocycles. The molecule has 1 aliphatic carbocycles. The zero-order valence-corrected chi connectivity index (χ0v) is 14.4. The minimum atomic E-state index is -0.908. The molecular weight excluding hydrogens is 324 g/mol. The van der Waals surface area contributed by atoms with Crippen LogP contribution in [0, 0.1) is 16.0 Å². The van der Waals surface area contributed by atoms with Crippen molar-refractivity contribution in [2.24, 2.45) is 5.92 Å². The van der Waals surface area contributed by atoms with Crippen molar-refractivity contribution in [3.05, 3.63) is 34.4 Å². The summed E-state index contributed by atoms with van der Waals surface area (Å²) >= 11 is 0. The fourth-order valence-electron chi connectivity index (χ4n) is 3.02. The van der Waals surface area contributed by atoms with Gasteiger partial charge in [-0.2, -0.15) is 0 Å². The Bertz CT molecular complexity index is 608. The molecule has 0 unspecified atom stereocenters. The predicted octanol–water partition coefficient (Wildman–Crippen LogP) is 3.83. The van der Waals surface area contributed by atoms with Crippen molar-refractivity contribution in [2.75, 3.05) is 5.32 Å². The summed E-state index contributed by atoms with van der Waals surface area (Å²) in [6.45, 7) is 1.51. The van der Waals surface area contributed by atoms with Crippen LogP contribution in [0.2, 0.25) is 0 Å². The van der Waals surface area contributed by atoms with Crippen LogP contribution in [0.1, 0.15) is 51.9 Å². The number of amides is 1. The summed E-state index contributed by atoms with van der Waals surface area (Å²) in [6, 6.07) is 5.48. The van der Waals surface area contributed by atoms with E-state index in [1.54, 1.807) is 0 Å². The van der Waals surface area contributed by atoms with Crippen LogP contribution in [0.15, 0.2) is 24.3 Å². The van der Waals surface area contributed by atoms with Crippen LogP contribution in [-0.4, -0.2) is 22.9 Å². The molecule has 1 saturated carbocycles. The first kappa shape index (κ1) is 18.9. The smallest absolute Gasteiger partial charge is 0.306 e. The summed E-state index contributed by atoms with van der Waals surface area (Å²) in [5, 5.41) is 13.2. The summed E-state index contributed by atoms with van der Waals surface area (Å²) in [5.74, 6) is -0.234. The second kappa shape index (κ2) is 9.15. The number of nitro groups is 1. The van der Waals surface area contributed by atoms with Gasteiger partial charge in [0.15, 0.2) is 6.10 Å². The molecule has 1 aliphatic rings. The maximum atomic E-state index is 12.1. The topological polar surface area (TPSA) is 98.5 Å². The van der Waals surface area contributed by atoms with Gasteiger partial charge in [0.25, 0.3) is 11.6 Å². The largest absolute Gasteiger partial charge is 0.453 e. The van der Waals surface area contributed by atoms with E-state index >= 15 is 0 Å². The summed E-state index contributed by atoms with van der Waals surface area (Å²) < 4.78 is 5.18. The van der Waals surface area contributed by atoms with Crippen molar-refractivity contribution in [2.45, 2.75) is 58.0 Å². The highest BCUT2D eigenvalue weighted by molar-refractivity contribution is 5.95. The van der Waals surface area contributed by atoms with Gasteiger partial charge in [0.2, 0.25) is 0 Å². The van der Waals surface area contributed by atoms with Gasteiger partial charge in [0.05, 0.1) is 4.92 Å². The van der Waals surface area contributed by atoms with Crippen LogP contribution in [0.5, 0.6) is 0 Å². The van der Waals surface area contributed by atoms with Crippen molar-refractivity contribution >= 4 is 23.3 Å². The van der Waals surface area contributed by atoms with Gasteiger partial charge >= 0.3 is 5.97 Å². The van der Waals surface area contributed by atoms with Gasteiger partial charge in [-0.3, -0.25) is 19.7 Å². The predicted molar refractivity (Wildman–Crippen MR) is 93.1 cm³/mol. The molecule has 0 heterocycles. The van der Waals surface area contributed by atoms with Crippen LogP contribution in [-0.2, 0) is 14.3 Å². The zero-order chi connectivity index (χ0) is 18.2. The highest BCUT2D eigenvalue weighted by Gasteiger charge is 2.20. The van der Waals surface area contributed by atoms with Crippen LogP contribution < -0.4 is 5.32 Å². The molecule has 136 valence electrons. The lowest BCUT2D eigenvalue weighted by Crippen LogP contribution is -2.30. The SMILES string of the molecule is C[C@@H](OC(=O)CCC1CCCCC1)C(=O)Nc1ccc([N+](=O)[O-])cc1. The summed E-state index contributed by atoms with van der Waals surface area (Å²) in [4.78, 5) is 34.0. The second-order valence-corrected chi connectivity index (χ2v) is 6.47. The summed E-state index contributed by atoms with van der Waals surface area (Å²) in [7, 11) is 0. The first-order valence-corrected chi connectivity index (χ1v) is 8.70. The van der Waals surface area contributed by atoms with Gasteiger partial charge in [-0.15, -0.1) is 0 Å². The van der Waals surface area contributed by atoms with Crippen molar-refractivity contribution in [1.29, 1.82) is 0 Å². The number of carbonyl (C=O) groups is 2. The number of nitrogens with zero attached hydrogens (tertiary/aromatic N) is 1. The minimum Gasteiger partial charge on any atom is -0.453 e. The zero-order valence-electron chi connectivity index (χ0n) is 14.4. The lowest BCUT2D eigenvalue weighted by atomic mass is 9.86. The summed E-state index contributed by atoms with van der Waals surface area (Å²) in [5.41, 5.74) is 0.362. The molecule has 1 aromatic rings. The van der Waals surface area contributed by atoms with E-state index in [1.807, 2.05) is 0 Å². The number of rotatable bonds is 7. The van der Waals surface area contributed by atoms with Crippen molar-refractivity contribution in [1.82, 2.24) is 0 Å². The van der Waals surface area contributed by atoms with E-state index < -0.39 is 16.9 Å². The van der Waals surface area contributed by atoms with Crippen molar-refractivity contribution in [3.63, 3.8) is 0 Å². The second-order valence-electron chi connectivity index (χ2n) is 6.47. The summed E-state index contributed by atoms with van der Waals surface area (Å²) in [6.07, 6.45) is 6.32. The molecule has 7 heteroatoms. The quantitative estimate of drug-likeness (QED) is 0.459. The van der Waals surface area contributed by atoms with Gasteiger partial charge in [-0.1, -0.05) is 32.1 Å². The van der Waals surface area contributed by atoms with Crippen LogP contribution >= 0.6 is 0 Å². The highest BCUT2D eigenvalue weighted by Crippen LogP contribution is 2.27. The van der Waals surface area contributed by atoms with Gasteiger partial charge in [0.1, 0.15) is 0 Å². The Balaban J connectivity index is 1.74. The third kappa shape index (κ3) is 6.17. The minimum absolute atomic E-state index is 0.0554. The van der Waals surface area contributed by atoms with Gasteiger partial charge in [-0.25, -0.2) is 0 Å². The van der Waals surface area contributed by atoms with Gasteiger partial charge < -0.3 is 10.1 Å². The van der Waals surface area contributed by atoms with Crippen molar-refractivity contribution < 1.29 is 19.2 Å². The third-order valence-electron chi connectivity index (χ3n) is 4.50. The highest BCUT2D eigenvalue weighted by atomic mass is 16.6. The van der Waals surface area contributed by atoms with Crippen LogP contribution in [0.3, 0.4) is 0 Å². The van der Waals surface area contributed by atoms with E-state index in [0.29, 0.717) is 18.0 Å². The molecule has 0 aliphatic heterocycles. The standard InChI is InChI=1S/C18H24N2O5/c1-13(25-17(21)12-7-14-5-3-2-4-6-14)18(22)19-15-8-10-16(11-9-15)20(23)24/h8-11,13-14H,2-7,12H2,1H3,(H,19,22)/t13-/m1/s1. The number of esters is 1. The van der Waals surface area contributed by atoms with E-state index in [1.165, 1.54) is 63.3 Å². The molecule has 7 nitrogen and oxygen atoms in total. The number of nitro benzene ring substituents is 1. The van der Waals surface area contributed by atoms with E-state index in [-0.39, 0.29) is 11.7 Å². The Morgan fingerprint density at radius 1 is 1.24 bits per heavy atom. The maximum Gasteiger partial charge on any atom is 0.306 e. The molecule has 1 atom stereocenters. The average molecular weight is 348 g/mol. The van der Waals surface area contributed by atoms with E-state index in [9.17, 15) is 19.7 Å². The number of hydrogen-bond acceptors (Lipinski definition) is 5. The van der Waals surface area contributed by atoms with E-state index in [4.69, 9.17) is 4.74 Å². The van der Waals surface area contributed by atoms with E-state index in [0.717, 1.165) is 6.42 Å².